The molecular formula is C11H8BrFN4O3. The molecule has 1 heterocycles. The molecular weight excluding hydrogens is 335 g/mol. The van der Waals surface area contributed by atoms with Gasteiger partial charge in [0.2, 0.25) is 5.69 Å². The number of rotatable bonds is 3. The molecule has 0 bridgehead atoms. The Bertz CT molecular complexity index is 701. The molecule has 0 atom stereocenters. The molecule has 0 aliphatic heterocycles. The van der Waals surface area contributed by atoms with Gasteiger partial charge in [0.05, 0.1) is 10.6 Å². The molecule has 0 aliphatic carbocycles. The number of nitro groups is 1. The van der Waals surface area contributed by atoms with Gasteiger partial charge in [0.15, 0.2) is 0 Å². The van der Waals surface area contributed by atoms with E-state index in [0.717, 1.165) is 10.9 Å². The summed E-state index contributed by atoms with van der Waals surface area (Å²) in [5.74, 6) is -1.46. The average molecular weight is 343 g/mol. The van der Waals surface area contributed by atoms with Gasteiger partial charge in [-0.15, -0.1) is 0 Å². The molecule has 0 radical (unpaired) electrons. The fourth-order valence-corrected chi connectivity index (χ4v) is 1.93. The van der Waals surface area contributed by atoms with E-state index in [1.807, 2.05) is 0 Å². The minimum Gasteiger partial charge on any atom is -0.318 e. The van der Waals surface area contributed by atoms with Crippen molar-refractivity contribution < 1.29 is 14.1 Å². The standard InChI is InChI=1S/C11H8BrFN4O3/c1-16-10(9(5-14-16)17(19)20)11(18)15-8-3-2-6(12)4-7(8)13/h2-5H,1H3,(H,15,18). The van der Waals surface area contributed by atoms with Crippen LogP contribution in [0.5, 0.6) is 0 Å². The zero-order valence-electron chi connectivity index (χ0n) is 10.1. The van der Waals surface area contributed by atoms with E-state index < -0.39 is 22.3 Å². The Hall–Kier alpha value is -2.29. The number of aryl methyl sites for hydroxylation is 1. The quantitative estimate of drug-likeness (QED) is 0.685. The van der Waals surface area contributed by atoms with Crippen molar-refractivity contribution in [2.45, 2.75) is 0 Å². The summed E-state index contributed by atoms with van der Waals surface area (Å²) >= 11 is 3.09. The third kappa shape index (κ3) is 2.67. The SMILES string of the molecule is Cn1ncc([N+](=O)[O-])c1C(=O)Nc1ccc(Br)cc1F. The highest BCUT2D eigenvalue weighted by Gasteiger charge is 2.26. The number of carbonyl (C=O) groups is 1. The molecule has 2 aromatic rings. The maximum Gasteiger partial charge on any atom is 0.320 e. The number of hydrogen-bond donors (Lipinski definition) is 1. The van der Waals surface area contributed by atoms with E-state index in [2.05, 4.69) is 26.3 Å². The lowest BCUT2D eigenvalue weighted by molar-refractivity contribution is -0.385. The lowest BCUT2D eigenvalue weighted by Crippen LogP contribution is -2.18. The van der Waals surface area contributed by atoms with E-state index in [4.69, 9.17) is 0 Å². The van der Waals surface area contributed by atoms with Crippen LogP contribution in [0, 0.1) is 15.9 Å². The van der Waals surface area contributed by atoms with Crippen LogP contribution < -0.4 is 5.32 Å². The van der Waals surface area contributed by atoms with Crippen LogP contribution >= 0.6 is 15.9 Å². The zero-order valence-corrected chi connectivity index (χ0v) is 11.7. The van der Waals surface area contributed by atoms with Crippen LogP contribution in [0.1, 0.15) is 10.5 Å². The smallest absolute Gasteiger partial charge is 0.318 e. The Morgan fingerprint density at radius 3 is 2.85 bits per heavy atom. The van der Waals surface area contributed by atoms with Crippen LogP contribution in [0.15, 0.2) is 28.9 Å². The van der Waals surface area contributed by atoms with Gasteiger partial charge in [0.1, 0.15) is 12.0 Å². The zero-order chi connectivity index (χ0) is 14.9. The minimum atomic E-state index is -0.807. The third-order valence-corrected chi connectivity index (χ3v) is 3.00. The number of aromatic nitrogens is 2. The van der Waals surface area contributed by atoms with E-state index in [-0.39, 0.29) is 11.4 Å². The minimum absolute atomic E-state index is 0.0753. The van der Waals surface area contributed by atoms with E-state index >= 15 is 0 Å². The number of carbonyl (C=O) groups excluding carboxylic acids is 1. The first kappa shape index (κ1) is 14.1. The Morgan fingerprint density at radius 1 is 1.55 bits per heavy atom. The van der Waals surface area contributed by atoms with E-state index in [1.54, 1.807) is 0 Å². The topological polar surface area (TPSA) is 90.1 Å². The summed E-state index contributed by atoms with van der Waals surface area (Å²) < 4.78 is 15.2. The van der Waals surface area contributed by atoms with Gasteiger partial charge in [0, 0.05) is 11.5 Å². The maximum absolute atomic E-state index is 13.6. The van der Waals surface area contributed by atoms with Gasteiger partial charge >= 0.3 is 5.69 Å². The van der Waals surface area contributed by atoms with E-state index in [0.29, 0.717) is 4.47 Å². The fourth-order valence-electron chi connectivity index (χ4n) is 1.60. The van der Waals surface area contributed by atoms with Gasteiger partial charge < -0.3 is 5.32 Å². The maximum atomic E-state index is 13.6. The predicted octanol–water partition coefficient (Wildman–Crippen LogP) is 2.48. The number of halogens is 2. The summed E-state index contributed by atoms with van der Waals surface area (Å²) in [5, 5.41) is 16.7. The highest BCUT2D eigenvalue weighted by atomic mass is 79.9. The van der Waals surface area contributed by atoms with Crippen LogP contribution in [0.4, 0.5) is 15.8 Å². The first-order chi connectivity index (χ1) is 9.40. The second-order valence-corrected chi connectivity index (χ2v) is 4.75. The summed E-state index contributed by atoms with van der Waals surface area (Å²) in [7, 11) is 1.39. The molecule has 104 valence electrons. The van der Waals surface area contributed by atoms with Crippen LogP contribution in [0.25, 0.3) is 0 Å². The number of amides is 1. The molecule has 1 aromatic carbocycles. The van der Waals surface area contributed by atoms with Crippen molar-refractivity contribution in [2.24, 2.45) is 7.05 Å². The van der Waals surface area contributed by atoms with Gasteiger partial charge in [0.25, 0.3) is 5.91 Å². The van der Waals surface area contributed by atoms with Crippen molar-refractivity contribution in [3.05, 3.63) is 50.5 Å². The highest BCUT2D eigenvalue weighted by Crippen LogP contribution is 2.22. The largest absolute Gasteiger partial charge is 0.320 e. The molecule has 0 aliphatic rings. The van der Waals surface area contributed by atoms with Gasteiger partial charge in [-0.05, 0) is 18.2 Å². The number of benzene rings is 1. The summed E-state index contributed by atoms with van der Waals surface area (Å²) in [6.45, 7) is 0. The average Bonchev–Trinajstić information content (AvgIpc) is 2.75. The molecule has 0 saturated carbocycles. The molecule has 0 unspecified atom stereocenters. The van der Waals surface area contributed by atoms with Crippen molar-refractivity contribution >= 4 is 33.2 Å². The monoisotopic (exact) mass is 342 g/mol. The summed E-state index contributed by atoms with van der Waals surface area (Å²) in [5.41, 5.74) is -0.770. The molecule has 1 aromatic heterocycles. The molecule has 20 heavy (non-hydrogen) atoms. The Labute approximate surface area is 120 Å². The first-order valence-electron chi connectivity index (χ1n) is 5.33. The van der Waals surface area contributed by atoms with Crippen LogP contribution in [0.2, 0.25) is 0 Å². The summed E-state index contributed by atoms with van der Waals surface area (Å²) in [6.07, 6.45) is 0.965. The van der Waals surface area contributed by atoms with Crippen LogP contribution in [0.3, 0.4) is 0 Å². The summed E-state index contributed by atoms with van der Waals surface area (Å²) in [4.78, 5) is 22.1. The first-order valence-corrected chi connectivity index (χ1v) is 6.12. The molecule has 0 fully saturated rings. The van der Waals surface area contributed by atoms with Crippen molar-refractivity contribution in [1.29, 1.82) is 0 Å². The van der Waals surface area contributed by atoms with Crippen molar-refractivity contribution in [1.82, 2.24) is 9.78 Å². The van der Waals surface area contributed by atoms with Crippen molar-refractivity contribution in [3.63, 3.8) is 0 Å². The number of anilines is 1. The number of hydrogen-bond acceptors (Lipinski definition) is 4. The van der Waals surface area contributed by atoms with Crippen molar-refractivity contribution in [2.75, 3.05) is 5.32 Å². The highest BCUT2D eigenvalue weighted by molar-refractivity contribution is 9.10. The molecule has 2 rings (SSSR count). The Balaban J connectivity index is 2.33. The van der Waals surface area contributed by atoms with Crippen LogP contribution in [-0.4, -0.2) is 20.6 Å². The predicted molar refractivity (Wildman–Crippen MR) is 71.9 cm³/mol. The lowest BCUT2D eigenvalue weighted by atomic mass is 10.3. The molecule has 0 saturated heterocycles. The third-order valence-electron chi connectivity index (χ3n) is 2.51. The van der Waals surface area contributed by atoms with E-state index in [9.17, 15) is 19.3 Å². The second kappa shape index (κ2) is 5.37. The van der Waals surface area contributed by atoms with Crippen LogP contribution in [-0.2, 0) is 7.05 Å². The Kier molecular flexibility index (Phi) is 3.79. The normalized spacial score (nSPS) is 10.3. The van der Waals surface area contributed by atoms with Crippen molar-refractivity contribution in [3.8, 4) is 0 Å². The van der Waals surface area contributed by atoms with E-state index in [1.165, 1.54) is 25.2 Å². The molecule has 0 spiro atoms. The van der Waals surface area contributed by atoms with Gasteiger partial charge in [-0.3, -0.25) is 19.6 Å². The van der Waals surface area contributed by atoms with Gasteiger partial charge in [-0.2, -0.15) is 5.10 Å². The Morgan fingerprint density at radius 2 is 2.25 bits per heavy atom. The molecule has 9 heteroatoms. The number of nitrogens with zero attached hydrogens (tertiary/aromatic N) is 3. The molecule has 1 amide bonds. The van der Waals surface area contributed by atoms with Gasteiger partial charge in [-0.1, -0.05) is 15.9 Å². The lowest BCUT2D eigenvalue weighted by Gasteiger charge is -2.06. The second-order valence-electron chi connectivity index (χ2n) is 3.84. The summed E-state index contributed by atoms with van der Waals surface area (Å²) in [6, 6.07) is 4.06. The fraction of sp³-hybridized carbons (Fsp3) is 0.0909. The number of nitrogens with one attached hydrogen (secondary N) is 1. The molecule has 7 nitrogen and oxygen atoms in total. The van der Waals surface area contributed by atoms with Gasteiger partial charge in [-0.25, -0.2) is 4.39 Å². The molecule has 1 N–H and O–H groups in total.